The van der Waals surface area contributed by atoms with Crippen LogP contribution in [0.3, 0.4) is 0 Å². The van der Waals surface area contributed by atoms with Gasteiger partial charge in [0, 0.05) is 24.7 Å². The minimum atomic E-state index is 0. The molecule has 2 saturated heterocycles. The van der Waals surface area contributed by atoms with Crippen molar-refractivity contribution in [1.29, 1.82) is 0 Å². The molecule has 2 aliphatic heterocycles. The summed E-state index contributed by atoms with van der Waals surface area (Å²) >= 11 is 1.72. The zero-order chi connectivity index (χ0) is 15.6. The second-order valence-corrected chi connectivity index (χ2v) is 7.40. The van der Waals surface area contributed by atoms with E-state index >= 15 is 0 Å². The van der Waals surface area contributed by atoms with Gasteiger partial charge in [-0.3, -0.25) is 4.79 Å². The van der Waals surface area contributed by atoms with Crippen molar-refractivity contribution in [2.45, 2.75) is 25.7 Å². The highest BCUT2D eigenvalue weighted by Crippen LogP contribution is 2.32. The molecular formula is C17H23ClN4OS. The van der Waals surface area contributed by atoms with E-state index < -0.39 is 0 Å². The van der Waals surface area contributed by atoms with Crippen LogP contribution in [-0.2, 0) is 4.79 Å². The van der Waals surface area contributed by atoms with Gasteiger partial charge in [0.1, 0.15) is 0 Å². The molecule has 1 aromatic heterocycles. The Bertz CT molecular complexity index is 708. The number of nitrogens with one attached hydrogen (secondary N) is 2. The van der Waals surface area contributed by atoms with Gasteiger partial charge in [0.15, 0.2) is 5.13 Å². The molecule has 130 valence electrons. The quantitative estimate of drug-likeness (QED) is 0.875. The van der Waals surface area contributed by atoms with Gasteiger partial charge in [-0.2, -0.15) is 0 Å². The van der Waals surface area contributed by atoms with Crippen molar-refractivity contribution in [2.75, 3.05) is 36.4 Å². The third-order valence-electron chi connectivity index (χ3n) is 4.73. The van der Waals surface area contributed by atoms with E-state index in [1.165, 1.54) is 12.8 Å². The minimum Gasteiger partial charge on any atom is -0.348 e. The largest absolute Gasteiger partial charge is 0.348 e. The van der Waals surface area contributed by atoms with Crippen molar-refractivity contribution in [3.8, 4) is 0 Å². The molecule has 4 rings (SSSR count). The van der Waals surface area contributed by atoms with Gasteiger partial charge in [-0.25, -0.2) is 4.98 Å². The molecule has 5 nitrogen and oxygen atoms in total. The summed E-state index contributed by atoms with van der Waals surface area (Å²) in [6.07, 6.45) is 4.36. The third kappa shape index (κ3) is 3.66. The van der Waals surface area contributed by atoms with Crippen molar-refractivity contribution in [3.63, 3.8) is 0 Å². The van der Waals surface area contributed by atoms with Crippen LogP contribution < -0.4 is 15.5 Å². The number of benzene rings is 1. The number of thiazole rings is 1. The highest BCUT2D eigenvalue weighted by Gasteiger charge is 2.21. The van der Waals surface area contributed by atoms with Crippen molar-refractivity contribution < 1.29 is 4.79 Å². The lowest BCUT2D eigenvalue weighted by atomic mass is 9.97. The lowest BCUT2D eigenvalue weighted by Crippen LogP contribution is -2.34. The number of carbonyl (C=O) groups is 1. The monoisotopic (exact) mass is 366 g/mol. The SMILES string of the molecule is Cl.O=C(Nc1ccc2nc(N3CCCC3)sc2c1)C1CCNCC1. The van der Waals surface area contributed by atoms with Crippen LogP contribution >= 0.6 is 23.7 Å². The first kappa shape index (κ1) is 17.5. The first-order chi connectivity index (χ1) is 11.3. The number of hydrogen-bond acceptors (Lipinski definition) is 5. The molecule has 2 aliphatic rings. The molecular weight excluding hydrogens is 344 g/mol. The van der Waals surface area contributed by atoms with E-state index in [4.69, 9.17) is 4.98 Å². The van der Waals surface area contributed by atoms with Crippen LogP contribution in [0.25, 0.3) is 10.2 Å². The van der Waals surface area contributed by atoms with E-state index in [1.807, 2.05) is 12.1 Å². The lowest BCUT2D eigenvalue weighted by Gasteiger charge is -2.21. The molecule has 1 amide bonds. The highest BCUT2D eigenvalue weighted by atomic mass is 35.5. The van der Waals surface area contributed by atoms with Gasteiger partial charge in [0.2, 0.25) is 5.91 Å². The van der Waals surface area contributed by atoms with Crippen LogP contribution in [0.4, 0.5) is 10.8 Å². The molecule has 1 aromatic carbocycles. The minimum absolute atomic E-state index is 0. The van der Waals surface area contributed by atoms with Gasteiger partial charge in [-0.1, -0.05) is 11.3 Å². The van der Waals surface area contributed by atoms with Crippen molar-refractivity contribution in [1.82, 2.24) is 10.3 Å². The topological polar surface area (TPSA) is 57.3 Å². The Balaban J connectivity index is 0.00000169. The molecule has 2 aromatic rings. The van der Waals surface area contributed by atoms with E-state index in [-0.39, 0.29) is 24.2 Å². The summed E-state index contributed by atoms with van der Waals surface area (Å²) in [6.45, 7) is 4.09. The standard InChI is InChI=1S/C17H22N4OS.ClH/c22-16(12-5-7-18-8-6-12)19-13-3-4-14-15(11-13)23-17(20-14)21-9-1-2-10-21;/h3-4,11-12,18H,1-2,5-10H2,(H,19,22);1H. The Morgan fingerprint density at radius 2 is 2.00 bits per heavy atom. The Morgan fingerprint density at radius 3 is 2.75 bits per heavy atom. The number of fused-ring (bicyclic) bond motifs is 1. The normalized spacial score (nSPS) is 18.6. The Kier molecular flexibility index (Phi) is 5.58. The fourth-order valence-electron chi connectivity index (χ4n) is 3.36. The van der Waals surface area contributed by atoms with Crippen LogP contribution in [-0.4, -0.2) is 37.1 Å². The van der Waals surface area contributed by atoms with Crippen LogP contribution in [0.1, 0.15) is 25.7 Å². The molecule has 0 saturated carbocycles. The molecule has 0 unspecified atom stereocenters. The maximum Gasteiger partial charge on any atom is 0.227 e. The maximum absolute atomic E-state index is 12.4. The summed E-state index contributed by atoms with van der Waals surface area (Å²) in [5, 5.41) is 7.49. The predicted octanol–water partition coefficient (Wildman–Crippen LogP) is 3.26. The average molecular weight is 367 g/mol. The fourth-order valence-corrected chi connectivity index (χ4v) is 4.42. The van der Waals surface area contributed by atoms with E-state index in [2.05, 4.69) is 21.6 Å². The summed E-state index contributed by atoms with van der Waals surface area (Å²) in [6, 6.07) is 6.05. The second kappa shape index (κ2) is 7.68. The van der Waals surface area contributed by atoms with Gasteiger partial charge >= 0.3 is 0 Å². The number of halogens is 1. The number of piperidine rings is 1. The molecule has 0 atom stereocenters. The molecule has 0 aliphatic carbocycles. The molecule has 3 heterocycles. The van der Waals surface area contributed by atoms with Gasteiger partial charge in [0.25, 0.3) is 0 Å². The Hall–Kier alpha value is -1.37. The zero-order valence-electron chi connectivity index (χ0n) is 13.6. The fraction of sp³-hybridized carbons (Fsp3) is 0.529. The van der Waals surface area contributed by atoms with Gasteiger partial charge < -0.3 is 15.5 Å². The maximum atomic E-state index is 12.4. The summed E-state index contributed by atoms with van der Waals surface area (Å²) in [4.78, 5) is 19.4. The Morgan fingerprint density at radius 1 is 1.25 bits per heavy atom. The number of carbonyl (C=O) groups excluding carboxylic acids is 1. The van der Waals surface area contributed by atoms with Crippen LogP contribution in [0.2, 0.25) is 0 Å². The van der Waals surface area contributed by atoms with E-state index in [1.54, 1.807) is 11.3 Å². The van der Waals surface area contributed by atoms with Gasteiger partial charge in [0.05, 0.1) is 10.2 Å². The second-order valence-electron chi connectivity index (χ2n) is 6.39. The number of aromatic nitrogens is 1. The number of rotatable bonds is 3. The average Bonchev–Trinajstić information content (AvgIpc) is 3.24. The van der Waals surface area contributed by atoms with Gasteiger partial charge in [-0.05, 0) is 57.0 Å². The summed E-state index contributed by atoms with van der Waals surface area (Å²) in [7, 11) is 0. The number of amides is 1. The first-order valence-electron chi connectivity index (χ1n) is 8.47. The number of anilines is 2. The molecule has 0 spiro atoms. The predicted molar refractivity (Wildman–Crippen MR) is 103 cm³/mol. The van der Waals surface area contributed by atoms with Crippen molar-refractivity contribution in [2.24, 2.45) is 5.92 Å². The van der Waals surface area contributed by atoms with Crippen LogP contribution in [0.5, 0.6) is 0 Å². The molecule has 2 N–H and O–H groups in total. The zero-order valence-corrected chi connectivity index (χ0v) is 15.2. The van der Waals surface area contributed by atoms with Crippen LogP contribution in [0.15, 0.2) is 18.2 Å². The van der Waals surface area contributed by atoms with Crippen molar-refractivity contribution in [3.05, 3.63) is 18.2 Å². The van der Waals surface area contributed by atoms with Gasteiger partial charge in [-0.15, -0.1) is 12.4 Å². The number of nitrogens with zero attached hydrogens (tertiary/aromatic N) is 2. The lowest BCUT2D eigenvalue weighted by molar-refractivity contribution is -0.120. The summed E-state index contributed by atoms with van der Waals surface area (Å²) < 4.78 is 1.15. The van der Waals surface area contributed by atoms with E-state index in [0.29, 0.717) is 0 Å². The Labute approximate surface area is 152 Å². The van der Waals surface area contributed by atoms with Crippen molar-refractivity contribution >= 4 is 50.7 Å². The number of hydrogen-bond donors (Lipinski definition) is 2. The van der Waals surface area contributed by atoms with E-state index in [0.717, 1.165) is 60.1 Å². The molecule has 2 fully saturated rings. The summed E-state index contributed by atoms with van der Waals surface area (Å²) in [5.41, 5.74) is 1.91. The smallest absolute Gasteiger partial charge is 0.227 e. The molecule has 0 radical (unpaired) electrons. The summed E-state index contributed by atoms with van der Waals surface area (Å²) in [5.74, 6) is 0.281. The first-order valence-corrected chi connectivity index (χ1v) is 9.28. The van der Waals surface area contributed by atoms with E-state index in [9.17, 15) is 4.79 Å². The third-order valence-corrected chi connectivity index (χ3v) is 5.81. The molecule has 7 heteroatoms. The molecule has 0 bridgehead atoms. The molecule has 24 heavy (non-hydrogen) atoms. The highest BCUT2D eigenvalue weighted by molar-refractivity contribution is 7.22. The van der Waals surface area contributed by atoms with Crippen LogP contribution in [0, 0.1) is 5.92 Å².